The van der Waals surface area contributed by atoms with Crippen LogP contribution in [0.1, 0.15) is 213 Å². The molecule has 0 aliphatic carbocycles. The average Bonchev–Trinajstić information content (AvgIpc) is 3.60. The van der Waals surface area contributed by atoms with Crippen LogP contribution in [-0.4, -0.2) is 193 Å². The summed E-state index contributed by atoms with van der Waals surface area (Å²) in [6, 6.07) is -0.971. The lowest BCUT2D eigenvalue weighted by Crippen LogP contribution is -2.66. The van der Waals surface area contributed by atoms with E-state index in [1.54, 1.807) is 6.08 Å². The van der Waals surface area contributed by atoms with Gasteiger partial charge in [0.2, 0.25) is 5.91 Å². The van der Waals surface area contributed by atoms with E-state index in [2.05, 4.69) is 55.6 Å². The molecule has 0 radical (unpaired) electrons. The zero-order chi connectivity index (χ0) is 59.7. The van der Waals surface area contributed by atoms with E-state index in [1.165, 1.54) is 122 Å². The lowest BCUT2D eigenvalue weighted by molar-refractivity contribution is -0.379. The Bertz CT molecular complexity index is 1680. The highest BCUT2D eigenvalue weighted by Crippen LogP contribution is 2.33. The van der Waals surface area contributed by atoms with E-state index in [0.717, 1.165) is 64.2 Å². The normalized spacial score (nSPS) is 29.9. The van der Waals surface area contributed by atoms with Crippen molar-refractivity contribution in [1.82, 2.24) is 5.32 Å². The van der Waals surface area contributed by atoms with Crippen LogP contribution in [0.3, 0.4) is 0 Å². The summed E-state index contributed by atoms with van der Waals surface area (Å²) >= 11 is 0. The van der Waals surface area contributed by atoms with Crippen LogP contribution in [0.2, 0.25) is 0 Å². The third kappa shape index (κ3) is 29.0. The van der Waals surface area contributed by atoms with Gasteiger partial charge in [0, 0.05) is 6.42 Å². The molecule has 478 valence electrons. The van der Waals surface area contributed by atoms with Crippen LogP contribution in [0.15, 0.2) is 48.6 Å². The van der Waals surface area contributed by atoms with Gasteiger partial charge in [-0.2, -0.15) is 0 Å². The fourth-order valence-electron chi connectivity index (χ4n) is 10.6. The van der Waals surface area contributed by atoms with Crippen molar-refractivity contribution in [1.29, 1.82) is 0 Å². The molecule has 0 bridgehead atoms. The van der Waals surface area contributed by atoms with Gasteiger partial charge in [-0.3, -0.25) is 4.79 Å². The van der Waals surface area contributed by atoms with Gasteiger partial charge in [0.05, 0.1) is 38.6 Å². The molecule has 0 aromatic carbocycles. The molecule has 3 aliphatic rings. The second kappa shape index (κ2) is 46.0. The third-order valence-electron chi connectivity index (χ3n) is 15.9. The summed E-state index contributed by atoms with van der Waals surface area (Å²) in [6.07, 6.45) is 25.6. The van der Waals surface area contributed by atoms with Crippen LogP contribution in [0.4, 0.5) is 0 Å². The second-order valence-electron chi connectivity index (χ2n) is 22.9. The summed E-state index contributed by atoms with van der Waals surface area (Å²) in [4.78, 5) is 13.3. The number of nitrogens with one attached hydrogen (secondary N) is 1. The highest BCUT2D eigenvalue weighted by Gasteiger charge is 2.53. The van der Waals surface area contributed by atoms with E-state index in [1.807, 2.05) is 6.08 Å². The number of hydrogen-bond donors (Lipinski definition) is 12. The second-order valence-corrected chi connectivity index (χ2v) is 22.9. The van der Waals surface area contributed by atoms with Crippen molar-refractivity contribution < 1.29 is 89.4 Å². The molecule has 3 fully saturated rings. The Kier molecular flexibility index (Phi) is 41.5. The summed E-state index contributed by atoms with van der Waals surface area (Å²) in [6.45, 7) is 1.65. The van der Waals surface area contributed by atoms with Gasteiger partial charge in [0.1, 0.15) is 73.2 Å². The van der Waals surface area contributed by atoms with Crippen molar-refractivity contribution in [3.63, 3.8) is 0 Å². The van der Waals surface area contributed by atoms with Gasteiger partial charge >= 0.3 is 0 Å². The number of ether oxygens (including phenoxy) is 6. The molecular formula is C63H113NO18. The zero-order valence-corrected chi connectivity index (χ0v) is 50.0. The first-order chi connectivity index (χ1) is 39.8. The molecule has 3 saturated heterocycles. The van der Waals surface area contributed by atoms with Crippen LogP contribution >= 0.6 is 0 Å². The molecule has 82 heavy (non-hydrogen) atoms. The number of rotatable bonds is 47. The molecule has 3 heterocycles. The Labute approximate surface area is 491 Å². The summed E-state index contributed by atoms with van der Waals surface area (Å²) in [5.74, 6) is -0.281. The first-order valence-corrected chi connectivity index (χ1v) is 31.9. The molecule has 17 atom stereocenters. The lowest BCUT2D eigenvalue weighted by Gasteiger charge is -2.48. The minimum Gasteiger partial charge on any atom is -0.394 e. The number of carbonyl (C=O) groups excluding carboxylic acids is 1. The van der Waals surface area contributed by atoms with Gasteiger partial charge in [0.25, 0.3) is 0 Å². The van der Waals surface area contributed by atoms with Crippen molar-refractivity contribution >= 4 is 5.91 Å². The molecule has 0 aromatic rings. The van der Waals surface area contributed by atoms with E-state index in [9.17, 15) is 61.0 Å². The minimum absolute atomic E-state index is 0.241. The van der Waals surface area contributed by atoms with Gasteiger partial charge in [-0.25, -0.2) is 0 Å². The maximum absolute atomic E-state index is 13.3. The van der Waals surface area contributed by atoms with E-state index in [-0.39, 0.29) is 18.9 Å². The van der Waals surface area contributed by atoms with E-state index in [4.69, 9.17) is 28.4 Å². The Morgan fingerprint density at radius 3 is 1.26 bits per heavy atom. The minimum atomic E-state index is -1.98. The largest absolute Gasteiger partial charge is 0.394 e. The molecule has 3 aliphatic heterocycles. The molecule has 1 amide bonds. The average molecular weight is 1170 g/mol. The molecule has 19 nitrogen and oxygen atoms in total. The summed E-state index contributed by atoms with van der Waals surface area (Å²) in [5, 5.41) is 120. The van der Waals surface area contributed by atoms with Gasteiger partial charge in [-0.05, 0) is 57.8 Å². The number of aliphatic hydroxyl groups excluding tert-OH is 11. The zero-order valence-electron chi connectivity index (χ0n) is 50.0. The summed E-state index contributed by atoms with van der Waals surface area (Å²) in [5.41, 5.74) is 0. The van der Waals surface area contributed by atoms with Crippen LogP contribution in [0.25, 0.3) is 0 Å². The predicted octanol–water partition coefficient (Wildman–Crippen LogP) is 6.65. The summed E-state index contributed by atoms with van der Waals surface area (Å²) < 4.78 is 34.2. The standard InChI is InChI=1S/C63H113NO18/c1-3-5-7-9-11-13-14-15-16-17-18-19-20-21-22-23-24-25-26-27-28-29-30-31-32-33-35-37-39-41-51(69)64-46(47(68)40-38-36-34-12-10-8-6-4-2)45-77-61-57(75)54(72)59(49(43-66)79-61)82-63-58(76)55(73)60(50(44-67)80-63)81-62-56(74)53(71)52(70)48(42-65)78-62/h14-15,17-18,20-21,38,40,46-50,52-63,65-68,70-76H,3-13,16,19,22-37,39,41-45H2,1-2H3,(H,64,69)/b15-14-,18-17-,21-20-,40-38+. The lowest BCUT2D eigenvalue weighted by atomic mass is 9.96. The van der Waals surface area contributed by atoms with Gasteiger partial charge in [-0.15, -0.1) is 0 Å². The number of allylic oxidation sites excluding steroid dienone is 7. The van der Waals surface area contributed by atoms with E-state index >= 15 is 0 Å². The first-order valence-electron chi connectivity index (χ1n) is 31.9. The topological polar surface area (TPSA) is 307 Å². The van der Waals surface area contributed by atoms with E-state index in [0.29, 0.717) is 6.42 Å². The van der Waals surface area contributed by atoms with Crippen molar-refractivity contribution in [2.75, 3.05) is 26.4 Å². The molecule has 0 spiro atoms. The van der Waals surface area contributed by atoms with Gasteiger partial charge < -0.3 is 89.9 Å². The predicted molar refractivity (Wildman–Crippen MR) is 314 cm³/mol. The van der Waals surface area contributed by atoms with Crippen LogP contribution in [-0.2, 0) is 33.2 Å². The quantitative estimate of drug-likeness (QED) is 0.0224. The van der Waals surface area contributed by atoms with Crippen molar-refractivity contribution in [3.05, 3.63) is 48.6 Å². The molecule has 12 N–H and O–H groups in total. The fraction of sp³-hybridized carbons (Fsp3) is 0.857. The maximum Gasteiger partial charge on any atom is 0.220 e. The van der Waals surface area contributed by atoms with Gasteiger partial charge in [0.15, 0.2) is 18.9 Å². The van der Waals surface area contributed by atoms with Crippen molar-refractivity contribution in [2.24, 2.45) is 0 Å². The smallest absolute Gasteiger partial charge is 0.220 e. The highest BCUT2D eigenvalue weighted by atomic mass is 16.8. The summed E-state index contributed by atoms with van der Waals surface area (Å²) in [7, 11) is 0. The number of aliphatic hydroxyl groups is 11. The third-order valence-corrected chi connectivity index (χ3v) is 15.9. The number of amides is 1. The molecule has 17 unspecified atom stereocenters. The number of carbonyl (C=O) groups is 1. The molecule has 0 aromatic heterocycles. The Morgan fingerprint density at radius 2 is 0.805 bits per heavy atom. The van der Waals surface area contributed by atoms with Crippen LogP contribution in [0, 0.1) is 0 Å². The monoisotopic (exact) mass is 1170 g/mol. The fourth-order valence-corrected chi connectivity index (χ4v) is 10.6. The SMILES string of the molecule is CCCCCCC/C=C\C/C=C\C/C=C\CCCCCCCCCCCCCCCCC(=O)NC(COC1OC(CO)C(OC2OC(CO)C(OC3OC(CO)C(O)C(O)C3O)C(O)C2O)C(O)C1O)C(O)/C=C/CCCCCCCC. The number of hydrogen-bond acceptors (Lipinski definition) is 18. The van der Waals surface area contributed by atoms with E-state index < -0.39 is 124 Å². The molecular weight excluding hydrogens is 1060 g/mol. The molecule has 3 rings (SSSR count). The Balaban J connectivity index is 1.37. The van der Waals surface area contributed by atoms with Crippen LogP contribution < -0.4 is 5.32 Å². The van der Waals surface area contributed by atoms with Crippen molar-refractivity contribution in [3.8, 4) is 0 Å². The first kappa shape index (κ1) is 74.0. The Morgan fingerprint density at radius 1 is 0.439 bits per heavy atom. The van der Waals surface area contributed by atoms with Crippen molar-refractivity contribution in [2.45, 2.75) is 317 Å². The van der Waals surface area contributed by atoms with Gasteiger partial charge in [-0.1, -0.05) is 197 Å². The maximum atomic E-state index is 13.3. The molecule has 19 heteroatoms. The Hall–Kier alpha value is -2.25. The highest BCUT2D eigenvalue weighted by molar-refractivity contribution is 5.76. The number of unbranched alkanes of at least 4 members (excludes halogenated alkanes) is 25. The molecule has 0 saturated carbocycles. The van der Waals surface area contributed by atoms with Crippen LogP contribution in [0.5, 0.6) is 0 Å².